The lowest BCUT2D eigenvalue weighted by Crippen LogP contribution is -2.35. The number of aliphatic carboxylic acids is 1. The molecule has 3 aromatic carbocycles. The Kier molecular flexibility index (Phi) is 8.83. The maximum atomic E-state index is 13.9. The first kappa shape index (κ1) is 28.8. The number of fused-ring (bicyclic) bond motifs is 1. The molecule has 0 saturated heterocycles. The highest BCUT2D eigenvalue weighted by atomic mass is 35.5. The van der Waals surface area contributed by atoms with Crippen LogP contribution in [0.4, 0.5) is 24.5 Å². The average Bonchev–Trinajstić information content (AvgIpc) is 3.32. The molecule has 0 spiro atoms. The lowest BCUT2D eigenvalue weighted by atomic mass is 10.1. The minimum absolute atomic E-state index is 0.0109. The minimum atomic E-state index is -4.88. The summed E-state index contributed by atoms with van der Waals surface area (Å²) in [7, 11) is 1.45. The molecule has 0 unspecified atom stereocenters. The highest BCUT2D eigenvalue weighted by Crippen LogP contribution is 2.35. The van der Waals surface area contributed by atoms with E-state index in [1.165, 1.54) is 30.2 Å². The van der Waals surface area contributed by atoms with Crippen LogP contribution < -0.4 is 19.1 Å². The zero-order valence-corrected chi connectivity index (χ0v) is 22.0. The summed E-state index contributed by atoms with van der Waals surface area (Å²) in [6.45, 7) is 0.366. The van der Waals surface area contributed by atoms with Crippen LogP contribution >= 0.6 is 11.6 Å². The van der Waals surface area contributed by atoms with Crippen molar-refractivity contribution in [2.45, 2.75) is 25.6 Å². The molecule has 0 bridgehead atoms. The lowest BCUT2D eigenvalue weighted by Gasteiger charge is -2.20. The van der Waals surface area contributed by atoms with E-state index in [4.69, 9.17) is 26.2 Å². The Hall–Kier alpha value is -4.25. The van der Waals surface area contributed by atoms with Gasteiger partial charge < -0.3 is 24.2 Å². The number of carbonyl (C=O) groups excluding carboxylic acids is 1. The Morgan fingerprint density at radius 3 is 2.42 bits per heavy atom. The van der Waals surface area contributed by atoms with Crippen LogP contribution in [-0.2, 0) is 16.0 Å². The molecule has 1 aliphatic heterocycles. The molecule has 1 aliphatic rings. The van der Waals surface area contributed by atoms with Crippen LogP contribution in [0.15, 0.2) is 65.7 Å². The van der Waals surface area contributed by atoms with Crippen molar-refractivity contribution >= 4 is 40.6 Å². The van der Waals surface area contributed by atoms with Gasteiger partial charge in [-0.1, -0.05) is 29.8 Å². The van der Waals surface area contributed by atoms with E-state index in [2.05, 4.69) is 9.73 Å². The van der Waals surface area contributed by atoms with Crippen LogP contribution in [0.25, 0.3) is 0 Å². The van der Waals surface area contributed by atoms with E-state index in [9.17, 15) is 22.8 Å². The maximum Gasteiger partial charge on any atom is 0.573 e. The van der Waals surface area contributed by atoms with E-state index in [0.717, 1.165) is 0 Å². The van der Waals surface area contributed by atoms with Crippen LogP contribution in [0.5, 0.6) is 17.2 Å². The van der Waals surface area contributed by atoms with Crippen molar-refractivity contribution in [1.82, 2.24) is 0 Å². The molecule has 0 fully saturated rings. The standard InChI is InChI=1S/C28H24ClF3N2O6/c1-38-22-13-20(14-23(15-22)39-12-2-3-25(35)36)33-26(18-4-7-19(29)8-5-18)27(37)34-11-10-17-6-9-21(16-24(17)34)40-28(30,31)32/h4-9,13-16H,2-3,10-12H2,1H3,(H,35,36). The number of aliphatic imine (C=N–C) groups is 1. The number of carboxylic acids is 1. The predicted molar refractivity (Wildman–Crippen MR) is 142 cm³/mol. The van der Waals surface area contributed by atoms with Crippen molar-refractivity contribution in [3.05, 3.63) is 76.8 Å². The number of ether oxygens (including phenoxy) is 3. The molecule has 8 nitrogen and oxygen atoms in total. The highest BCUT2D eigenvalue weighted by molar-refractivity contribution is 6.50. The van der Waals surface area contributed by atoms with Gasteiger partial charge in [0.15, 0.2) is 0 Å². The first-order chi connectivity index (χ1) is 19.0. The first-order valence-electron chi connectivity index (χ1n) is 12.1. The van der Waals surface area contributed by atoms with Crippen LogP contribution in [-0.4, -0.2) is 49.3 Å². The largest absolute Gasteiger partial charge is 0.573 e. The van der Waals surface area contributed by atoms with Crippen molar-refractivity contribution < 1.29 is 42.1 Å². The maximum absolute atomic E-state index is 13.9. The molecule has 4 rings (SSSR count). The zero-order chi connectivity index (χ0) is 28.9. The molecule has 12 heteroatoms. The van der Waals surface area contributed by atoms with Gasteiger partial charge in [0.05, 0.1) is 25.1 Å². The molecule has 0 saturated carbocycles. The fraction of sp³-hybridized carbons (Fsp3) is 0.250. The number of rotatable bonds is 10. The number of amides is 1. The van der Waals surface area contributed by atoms with E-state index in [0.29, 0.717) is 45.4 Å². The number of benzene rings is 3. The molecule has 0 radical (unpaired) electrons. The number of carboxylic acid groups (broad SMARTS) is 1. The Bertz CT molecular complexity index is 1430. The van der Waals surface area contributed by atoms with E-state index in [1.807, 2.05) is 0 Å². The van der Waals surface area contributed by atoms with E-state index in [1.54, 1.807) is 42.5 Å². The monoisotopic (exact) mass is 576 g/mol. The van der Waals surface area contributed by atoms with Gasteiger partial charge in [0, 0.05) is 47.8 Å². The molecule has 210 valence electrons. The third-order valence-electron chi connectivity index (χ3n) is 5.90. The summed E-state index contributed by atoms with van der Waals surface area (Å²) in [6.07, 6.45) is -4.21. The fourth-order valence-corrected chi connectivity index (χ4v) is 4.23. The Morgan fingerprint density at radius 2 is 1.75 bits per heavy atom. The van der Waals surface area contributed by atoms with E-state index < -0.39 is 24.0 Å². The summed E-state index contributed by atoms with van der Waals surface area (Å²) in [5.41, 5.74) is 1.73. The summed E-state index contributed by atoms with van der Waals surface area (Å²) in [5, 5.41) is 9.27. The second-order valence-corrected chi connectivity index (χ2v) is 9.16. The Balaban J connectivity index is 1.71. The van der Waals surface area contributed by atoms with Crippen molar-refractivity contribution in [3.8, 4) is 17.2 Å². The zero-order valence-electron chi connectivity index (χ0n) is 21.2. The normalized spacial score (nSPS) is 13.1. The molecule has 0 aromatic heterocycles. The molecule has 0 aliphatic carbocycles. The van der Waals surface area contributed by atoms with E-state index >= 15 is 0 Å². The lowest BCUT2D eigenvalue weighted by molar-refractivity contribution is -0.274. The molecule has 0 atom stereocenters. The quantitative estimate of drug-likeness (QED) is 0.228. The third kappa shape index (κ3) is 7.44. The second-order valence-electron chi connectivity index (χ2n) is 8.72. The van der Waals surface area contributed by atoms with Crippen LogP contribution in [0.3, 0.4) is 0 Å². The smallest absolute Gasteiger partial charge is 0.497 e. The summed E-state index contributed by atoms with van der Waals surface area (Å²) in [5.74, 6) is -1.18. The molecular weight excluding hydrogens is 553 g/mol. The van der Waals surface area contributed by atoms with Crippen molar-refractivity contribution in [1.29, 1.82) is 0 Å². The molecular formula is C28H24ClF3N2O6. The average molecular weight is 577 g/mol. The highest BCUT2D eigenvalue weighted by Gasteiger charge is 2.33. The number of halogens is 4. The van der Waals surface area contributed by atoms with Crippen molar-refractivity contribution in [2.75, 3.05) is 25.2 Å². The second kappa shape index (κ2) is 12.3. The number of carbonyl (C=O) groups is 2. The van der Waals surface area contributed by atoms with Gasteiger partial charge in [-0.2, -0.15) is 0 Å². The van der Waals surface area contributed by atoms with Crippen molar-refractivity contribution in [2.24, 2.45) is 4.99 Å². The summed E-state index contributed by atoms with van der Waals surface area (Å²) in [4.78, 5) is 30.6. The number of anilines is 1. The topological polar surface area (TPSA) is 97.7 Å². The summed E-state index contributed by atoms with van der Waals surface area (Å²) < 4.78 is 53.5. The van der Waals surface area contributed by atoms with Gasteiger partial charge in [0.1, 0.15) is 23.0 Å². The van der Waals surface area contributed by atoms with Gasteiger partial charge in [-0.3, -0.25) is 9.59 Å². The third-order valence-corrected chi connectivity index (χ3v) is 6.15. The molecule has 1 amide bonds. The number of methoxy groups -OCH3 is 1. The van der Waals surface area contributed by atoms with Gasteiger partial charge in [-0.05, 0) is 36.6 Å². The fourth-order valence-electron chi connectivity index (χ4n) is 4.10. The molecule has 40 heavy (non-hydrogen) atoms. The molecule has 3 aromatic rings. The van der Waals surface area contributed by atoms with Gasteiger partial charge in [0.2, 0.25) is 0 Å². The number of hydrogen-bond acceptors (Lipinski definition) is 6. The van der Waals surface area contributed by atoms with Crippen LogP contribution in [0.2, 0.25) is 5.02 Å². The van der Waals surface area contributed by atoms with Crippen molar-refractivity contribution in [3.63, 3.8) is 0 Å². The Labute approximate surface area is 232 Å². The SMILES string of the molecule is COc1cc(N=C(C(=O)N2CCc3ccc(OC(F)(F)F)cc32)c2ccc(Cl)cc2)cc(OCCCC(=O)O)c1. The first-order valence-corrected chi connectivity index (χ1v) is 12.5. The minimum Gasteiger partial charge on any atom is -0.497 e. The van der Waals surface area contributed by atoms with Gasteiger partial charge >= 0.3 is 12.3 Å². The summed E-state index contributed by atoms with van der Waals surface area (Å²) >= 11 is 6.05. The number of alkyl halides is 3. The Morgan fingerprint density at radius 1 is 1.02 bits per heavy atom. The molecule has 1 heterocycles. The van der Waals surface area contributed by atoms with Crippen LogP contribution in [0.1, 0.15) is 24.0 Å². The van der Waals surface area contributed by atoms with Gasteiger partial charge in [0.25, 0.3) is 5.91 Å². The number of nitrogens with zero attached hydrogens (tertiary/aromatic N) is 2. The van der Waals surface area contributed by atoms with Gasteiger partial charge in [-0.15, -0.1) is 13.2 Å². The van der Waals surface area contributed by atoms with E-state index in [-0.39, 0.29) is 31.7 Å². The van der Waals surface area contributed by atoms with Crippen LogP contribution in [0, 0.1) is 0 Å². The van der Waals surface area contributed by atoms with Gasteiger partial charge in [-0.25, -0.2) is 4.99 Å². The predicted octanol–water partition coefficient (Wildman–Crippen LogP) is 6.20. The number of hydrogen-bond donors (Lipinski definition) is 1. The molecule has 1 N–H and O–H groups in total. The summed E-state index contributed by atoms with van der Waals surface area (Å²) in [6, 6.07) is 15.1.